The molecule has 0 saturated carbocycles. The summed E-state index contributed by atoms with van der Waals surface area (Å²) in [6.45, 7) is 0. The summed E-state index contributed by atoms with van der Waals surface area (Å²) < 4.78 is 25.1. The Morgan fingerprint density at radius 1 is 0.632 bits per heavy atom. The molecule has 0 spiro atoms. The minimum absolute atomic E-state index is 0. The summed E-state index contributed by atoms with van der Waals surface area (Å²) in [5.74, 6) is 0.382. The molecule has 0 aliphatic carbocycles. The van der Waals surface area contributed by atoms with Crippen molar-refractivity contribution in [3.8, 4) is 0 Å². The van der Waals surface area contributed by atoms with Crippen molar-refractivity contribution >= 4 is 78.2 Å². The maximum absolute atomic E-state index is 13.5. The van der Waals surface area contributed by atoms with Gasteiger partial charge in [-0.1, -0.05) is 95.3 Å². The van der Waals surface area contributed by atoms with Crippen molar-refractivity contribution < 1.29 is 49.5 Å². The van der Waals surface area contributed by atoms with Gasteiger partial charge in [0, 0.05) is 51.9 Å². The van der Waals surface area contributed by atoms with E-state index >= 15 is 0 Å². The minimum Gasteiger partial charge on any atom is -1.00 e. The quantitative estimate of drug-likeness (QED) is 0.202. The van der Waals surface area contributed by atoms with Crippen molar-refractivity contribution in [1.29, 1.82) is 0 Å². The fourth-order valence-corrected chi connectivity index (χ4v) is 7.67. The SMILES string of the molecule is O=P(O)(OC1=Cc2c(Cl)cccc2Sc2ccccc21)OC1=Cc2c(Cl)cccc2Sc2ccccc21.[H-].[Na+]. The third-order valence-electron chi connectivity index (χ3n) is 5.75. The molecule has 4 nitrogen and oxygen atoms in total. The van der Waals surface area contributed by atoms with E-state index in [1.54, 1.807) is 24.3 Å². The normalized spacial score (nSPS) is 13.7. The topological polar surface area (TPSA) is 55.8 Å². The van der Waals surface area contributed by atoms with Crippen molar-refractivity contribution in [2.75, 3.05) is 0 Å². The number of phosphoric acid groups is 1. The van der Waals surface area contributed by atoms with Gasteiger partial charge in [-0.25, -0.2) is 4.57 Å². The van der Waals surface area contributed by atoms with Crippen LogP contribution in [0.15, 0.2) is 105 Å². The van der Waals surface area contributed by atoms with Gasteiger partial charge in [-0.15, -0.1) is 0 Å². The Labute approximate surface area is 262 Å². The second kappa shape index (κ2) is 11.5. The molecule has 4 aromatic carbocycles. The Morgan fingerprint density at radius 3 is 1.47 bits per heavy atom. The first-order valence-corrected chi connectivity index (χ1v) is 15.0. The van der Waals surface area contributed by atoms with Gasteiger partial charge < -0.3 is 10.5 Å². The van der Waals surface area contributed by atoms with E-state index in [1.807, 2.05) is 72.8 Å². The zero-order chi connectivity index (χ0) is 25.6. The third-order valence-corrected chi connectivity index (χ3v) is 9.57. The average molecular weight is 607 g/mol. The first kappa shape index (κ1) is 28.0. The number of hydrogen-bond donors (Lipinski definition) is 1. The van der Waals surface area contributed by atoms with Gasteiger partial charge in [0.25, 0.3) is 0 Å². The summed E-state index contributed by atoms with van der Waals surface area (Å²) in [5.41, 5.74) is 2.74. The van der Waals surface area contributed by atoms with E-state index in [0.29, 0.717) is 32.3 Å². The van der Waals surface area contributed by atoms with Gasteiger partial charge in [0.1, 0.15) is 11.5 Å². The molecule has 2 aliphatic rings. The third kappa shape index (κ3) is 5.66. The van der Waals surface area contributed by atoms with Crippen molar-refractivity contribution in [2.24, 2.45) is 0 Å². The first-order chi connectivity index (χ1) is 17.9. The monoisotopic (exact) mass is 606 g/mol. The van der Waals surface area contributed by atoms with Crippen molar-refractivity contribution in [3.63, 3.8) is 0 Å². The molecule has 10 heteroatoms. The molecule has 0 unspecified atom stereocenters. The molecule has 0 radical (unpaired) electrons. The Hall–Kier alpha value is -1.57. The number of benzene rings is 4. The first-order valence-electron chi connectivity index (χ1n) is 11.1. The zero-order valence-corrected chi connectivity index (χ0v) is 26.0. The number of rotatable bonds is 4. The number of halogens is 2. The van der Waals surface area contributed by atoms with Crippen LogP contribution in [-0.4, -0.2) is 4.89 Å². The van der Waals surface area contributed by atoms with Crippen LogP contribution in [0.25, 0.3) is 23.7 Å². The average Bonchev–Trinajstić information content (AvgIpc) is 3.13. The van der Waals surface area contributed by atoms with Crippen LogP contribution in [0.4, 0.5) is 0 Å². The van der Waals surface area contributed by atoms with Crippen LogP contribution in [0.2, 0.25) is 10.0 Å². The largest absolute Gasteiger partial charge is 1.00 e. The maximum atomic E-state index is 13.5. The fraction of sp³-hybridized carbons (Fsp3) is 0. The van der Waals surface area contributed by atoms with Crippen LogP contribution < -0.4 is 29.6 Å². The van der Waals surface area contributed by atoms with Gasteiger partial charge in [-0.2, -0.15) is 0 Å². The summed E-state index contributed by atoms with van der Waals surface area (Å²) in [4.78, 5) is 14.6. The predicted octanol–water partition coefficient (Wildman–Crippen LogP) is 6.87. The van der Waals surface area contributed by atoms with E-state index in [4.69, 9.17) is 32.2 Å². The van der Waals surface area contributed by atoms with Gasteiger partial charge in [-0.3, -0.25) is 4.89 Å². The van der Waals surface area contributed by atoms with Gasteiger partial charge in [-0.05, 0) is 48.6 Å². The van der Waals surface area contributed by atoms with E-state index in [1.165, 1.54) is 23.5 Å². The molecule has 0 bridgehead atoms. The molecule has 1 N–H and O–H groups in total. The van der Waals surface area contributed by atoms with Crippen LogP contribution in [0, 0.1) is 0 Å². The molecular formula is C28H18Cl2NaO4PS2. The molecular weight excluding hydrogens is 589 g/mol. The van der Waals surface area contributed by atoms with E-state index < -0.39 is 7.82 Å². The summed E-state index contributed by atoms with van der Waals surface area (Å²) in [5, 5.41) is 1.02. The van der Waals surface area contributed by atoms with Crippen molar-refractivity contribution in [2.45, 2.75) is 19.6 Å². The molecule has 0 saturated heterocycles. The second-order valence-corrected chi connectivity index (χ2v) is 12.5. The molecule has 6 rings (SSSR count). The second-order valence-electron chi connectivity index (χ2n) is 8.17. The van der Waals surface area contributed by atoms with Crippen molar-refractivity contribution in [3.05, 3.63) is 117 Å². The molecule has 2 aliphatic heterocycles. The minimum atomic E-state index is -4.67. The zero-order valence-electron chi connectivity index (χ0n) is 20.9. The maximum Gasteiger partial charge on any atom is 1.00 e. The van der Waals surface area contributed by atoms with E-state index in [9.17, 15) is 9.46 Å². The molecule has 2 heterocycles. The number of hydrogen-bond acceptors (Lipinski definition) is 5. The van der Waals surface area contributed by atoms with E-state index in [2.05, 4.69) is 0 Å². The Kier molecular flexibility index (Phi) is 8.47. The van der Waals surface area contributed by atoms with Crippen LogP contribution in [0.1, 0.15) is 23.7 Å². The molecule has 186 valence electrons. The molecule has 0 aromatic heterocycles. The molecule has 0 amide bonds. The van der Waals surface area contributed by atoms with Crippen LogP contribution in [0.5, 0.6) is 0 Å². The standard InChI is InChI=1S/C28H17Cl2O4PS2.Na.H/c29-21-9-5-13-27-19(21)15-23(17-7-1-3-11-25(17)36-27)33-35(31,32)34-24-16-20-22(30)10-6-14-28(20)37-26-12-4-2-8-18(24)26;;/h1-16H,(H,31,32);;/q;+1;-1. The van der Waals surface area contributed by atoms with Gasteiger partial charge in [0.05, 0.1) is 0 Å². The molecule has 0 atom stereocenters. The molecule has 4 aromatic rings. The summed E-state index contributed by atoms with van der Waals surface area (Å²) in [7, 11) is -4.67. The Morgan fingerprint density at radius 2 is 1.03 bits per heavy atom. The summed E-state index contributed by atoms with van der Waals surface area (Å²) >= 11 is 16.0. The van der Waals surface area contributed by atoms with Gasteiger partial charge >= 0.3 is 37.4 Å². The van der Waals surface area contributed by atoms with Crippen LogP contribution >= 0.6 is 54.5 Å². The number of fused-ring (bicyclic) bond motifs is 4. The molecule has 38 heavy (non-hydrogen) atoms. The molecule has 0 fully saturated rings. The van der Waals surface area contributed by atoms with Crippen LogP contribution in [0.3, 0.4) is 0 Å². The van der Waals surface area contributed by atoms with E-state index in [0.717, 1.165) is 19.6 Å². The Balaban J connectivity index is 0.00000176. The summed E-state index contributed by atoms with van der Waals surface area (Å²) in [6, 6.07) is 26.2. The fourth-order valence-electron chi connectivity index (χ4n) is 4.08. The van der Waals surface area contributed by atoms with Gasteiger partial charge in [0.15, 0.2) is 0 Å². The summed E-state index contributed by atoms with van der Waals surface area (Å²) in [6.07, 6.45) is 3.36. The van der Waals surface area contributed by atoms with Crippen molar-refractivity contribution in [1.82, 2.24) is 0 Å². The van der Waals surface area contributed by atoms with Crippen LogP contribution in [-0.2, 0) is 13.6 Å². The Bertz CT molecular complexity index is 1560. The number of phosphoric ester groups is 1. The smallest absolute Gasteiger partial charge is 1.00 e. The predicted molar refractivity (Wildman–Crippen MR) is 153 cm³/mol. The van der Waals surface area contributed by atoms with E-state index in [-0.39, 0.29) is 42.5 Å². The van der Waals surface area contributed by atoms with Gasteiger partial charge in [0.2, 0.25) is 0 Å².